The summed E-state index contributed by atoms with van der Waals surface area (Å²) >= 11 is 1.74. The number of aromatic nitrogens is 4. The molecular weight excluding hydrogens is 378 g/mol. The summed E-state index contributed by atoms with van der Waals surface area (Å²) in [7, 11) is 0. The molecule has 5 rings (SSSR count). The minimum atomic E-state index is 0.428. The molecule has 0 saturated heterocycles. The zero-order valence-electron chi connectivity index (χ0n) is 16.1. The maximum Gasteiger partial charge on any atom is 0.140 e. The number of nitrogens with one attached hydrogen (secondary N) is 1. The van der Waals surface area contributed by atoms with E-state index in [1.165, 1.54) is 4.70 Å². The van der Waals surface area contributed by atoms with Gasteiger partial charge < -0.3 is 5.32 Å². The number of hydrogen-bond donors (Lipinski definition) is 1. The molecule has 29 heavy (non-hydrogen) atoms. The van der Waals surface area contributed by atoms with E-state index >= 15 is 0 Å². The Labute approximate surface area is 172 Å². The highest BCUT2D eigenvalue weighted by Gasteiger charge is 2.11. The molecule has 0 spiro atoms. The van der Waals surface area contributed by atoms with Gasteiger partial charge in [-0.15, -0.1) is 11.3 Å². The van der Waals surface area contributed by atoms with Gasteiger partial charge in [0.1, 0.15) is 5.82 Å². The molecule has 0 fully saturated rings. The molecular formula is C23H19N5S. The van der Waals surface area contributed by atoms with E-state index in [0.717, 1.165) is 44.2 Å². The molecule has 5 nitrogen and oxygen atoms in total. The van der Waals surface area contributed by atoms with Gasteiger partial charge in [-0.3, -0.25) is 9.97 Å². The molecule has 5 aromatic rings. The van der Waals surface area contributed by atoms with Crippen molar-refractivity contribution in [2.45, 2.75) is 19.8 Å². The highest BCUT2D eigenvalue weighted by atomic mass is 32.1. The molecule has 0 saturated carbocycles. The van der Waals surface area contributed by atoms with E-state index in [1.54, 1.807) is 29.9 Å². The SMILES string of the molecule is CC(C)c1nc2ccc(Nc3nc(-c4ccncc4)cc4ncccc34)cc2s1. The van der Waals surface area contributed by atoms with Gasteiger partial charge in [0.05, 0.1) is 26.4 Å². The van der Waals surface area contributed by atoms with Gasteiger partial charge in [0.25, 0.3) is 0 Å². The third-order valence-corrected chi connectivity index (χ3v) is 6.06. The van der Waals surface area contributed by atoms with Crippen molar-refractivity contribution in [3.8, 4) is 11.3 Å². The first-order chi connectivity index (χ1) is 14.2. The Morgan fingerprint density at radius 2 is 1.76 bits per heavy atom. The average Bonchev–Trinajstić information content (AvgIpc) is 3.18. The van der Waals surface area contributed by atoms with Crippen molar-refractivity contribution in [3.05, 3.63) is 72.1 Å². The zero-order chi connectivity index (χ0) is 19.8. The normalized spacial score (nSPS) is 11.4. The molecule has 0 bridgehead atoms. The summed E-state index contributed by atoms with van der Waals surface area (Å²) in [6.45, 7) is 4.34. The molecule has 0 aliphatic rings. The first kappa shape index (κ1) is 17.7. The Hall–Kier alpha value is -3.38. The number of anilines is 2. The largest absolute Gasteiger partial charge is 0.340 e. The summed E-state index contributed by atoms with van der Waals surface area (Å²) in [5.74, 6) is 1.22. The fourth-order valence-electron chi connectivity index (χ4n) is 3.24. The van der Waals surface area contributed by atoms with Crippen LogP contribution in [0.3, 0.4) is 0 Å². The van der Waals surface area contributed by atoms with E-state index in [1.807, 2.05) is 30.3 Å². The Morgan fingerprint density at radius 3 is 2.59 bits per heavy atom. The van der Waals surface area contributed by atoms with Crippen LogP contribution in [0.5, 0.6) is 0 Å². The van der Waals surface area contributed by atoms with Crippen LogP contribution in [-0.4, -0.2) is 19.9 Å². The van der Waals surface area contributed by atoms with Gasteiger partial charge >= 0.3 is 0 Å². The van der Waals surface area contributed by atoms with Gasteiger partial charge in [0.15, 0.2) is 0 Å². The molecule has 0 aliphatic heterocycles. The number of pyridine rings is 3. The minimum Gasteiger partial charge on any atom is -0.340 e. The van der Waals surface area contributed by atoms with Crippen LogP contribution in [0.1, 0.15) is 24.8 Å². The van der Waals surface area contributed by atoms with E-state index in [9.17, 15) is 0 Å². The molecule has 142 valence electrons. The van der Waals surface area contributed by atoms with Crippen molar-refractivity contribution < 1.29 is 0 Å². The van der Waals surface area contributed by atoms with Crippen molar-refractivity contribution in [1.82, 2.24) is 19.9 Å². The van der Waals surface area contributed by atoms with Crippen LogP contribution in [0.25, 0.3) is 32.4 Å². The monoisotopic (exact) mass is 397 g/mol. The molecule has 1 aromatic carbocycles. The number of hydrogen-bond acceptors (Lipinski definition) is 6. The molecule has 1 N–H and O–H groups in total. The fraction of sp³-hybridized carbons (Fsp3) is 0.130. The van der Waals surface area contributed by atoms with Crippen LogP contribution in [-0.2, 0) is 0 Å². The number of thiazole rings is 1. The minimum absolute atomic E-state index is 0.428. The number of fused-ring (bicyclic) bond motifs is 2. The topological polar surface area (TPSA) is 63.6 Å². The summed E-state index contributed by atoms with van der Waals surface area (Å²) in [4.78, 5) is 18.3. The van der Waals surface area contributed by atoms with Crippen molar-refractivity contribution >= 4 is 44.0 Å². The Kier molecular flexibility index (Phi) is 4.41. The predicted molar refractivity (Wildman–Crippen MR) is 120 cm³/mol. The standard InChI is InChI=1S/C23H19N5S/c1-14(2)23-28-18-6-5-16(12-21(18)29-23)26-22-17-4-3-9-25-20(17)13-19(27-22)15-7-10-24-11-8-15/h3-14H,1-2H3,(H,26,27). The van der Waals surface area contributed by atoms with Crippen LogP contribution >= 0.6 is 11.3 Å². The van der Waals surface area contributed by atoms with Gasteiger partial charge in [0, 0.05) is 41.1 Å². The van der Waals surface area contributed by atoms with E-state index in [0.29, 0.717) is 5.92 Å². The maximum absolute atomic E-state index is 4.89. The number of benzene rings is 1. The van der Waals surface area contributed by atoms with E-state index < -0.39 is 0 Å². The third kappa shape index (κ3) is 3.43. The number of nitrogens with zero attached hydrogens (tertiary/aromatic N) is 4. The van der Waals surface area contributed by atoms with Crippen LogP contribution in [0.2, 0.25) is 0 Å². The summed E-state index contributed by atoms with van der Waals surface area (Å²) in [5.41, 5.74) is 4.80. The van der Waals surface area contributed by atoms with Crippen molar-refractivity contribution in [2.75, 3.05) is 5.32 Å². The Balaban J connectivity index is 1.60. The maximum atomic E-state index is 4.89. The van der Waals surface area contributed by atoms with Gasteiger partial charge in [0.2, 0.25) is 0 Å². The van der Waals surface area contributed by atoms with E-state index in [4.69, 9.17) is 9.97 Å². The van der Waals surface area contributed by atoms with Crippen molar-refractivity contribution in [3.63, 3.8) is 0 Å². The predicted octanol–water partition coefficient (Wildman–Crippen LogP) is 6.17. The lowest BCUT2D eigenvalue weighted by Crippen LogP contribution is -1.97. The van der Waals surface area contributed by atoms with E-state index in [2.05, 4.69) is 47.3 Å². The summed E-state index contributed by atoms with van der Waals surface area (Å²) < 4.78 is 1.17. The second kappa shape index (κ2) is 7.22. The average molecular weight is 398 g/mol. The molecule has 4 heterocycles. The molecule has 0 aliphatic carbocycles. The van der Waals surface area contributed by atoms with Gasteiger partial charge in [-0.2, -0.15) is 0 Å². The van der Waals surface area contributed by atoms with Gasteiger partial charge in [-0.05, 0) is 48.5 Å². The lowest BCUT2D eigenvalue weighted by molar-refractivity contribution is 0.857. The Morgan fingerprint density at radius 1 is 0.897 bits per heavy atom. The van der Waals surface area contributed by atoms with Crippen LogP contribution in [0, 0.1) is 0 Å². The Bertz CT molecular complexity index is 1310. The molecule has 0 radical (unpaired) electrons. The van der Waals surface area contributed by atoms with Crippen molar-refractivity contribution in [1.29, 1.82) is 0 Å². The summed E-state index contributed by atoms with van der Waals surface area (Å²) in [6.07, 6.45) is 5.35. The van der Waals surface area contributed by atoms with Gasteiger partial charge in [-0.25, -0.2) is 9.97 Å². The fourth-order valence-corrected chi connectivity index (χ4v) is 4.25. The van der Waals surface area contributed by atoms with Crippen LogP contribution in [0.15, 0.2) is 67.1 Å². The zero-order valence-corrected chi connectivity index (χ0v) is 16.9. The summed E-state index contributed by atoms with van der Waals surface area (Å²) in [6, 6.07) is 16.1. The highest BCUT2D eigenvalue weighted by molar-refractivity contribution is 7.18. The molecule has 6 heteroatoms. The third-order valence-electron chi connectivity index (χ3n) is 4.74. The van der Waals surface area contributed by atoms with E-state index in [-0.39, 0.29) is 0 Å². The highest BCUT2D eigenvalue weighted by Crippen LogP contribution is 2.32. The quantitative estimate of drug-likeness (QED) is 0.393. The van der Waals surface area contributed by atoms with Crippen LogP contribution < -0.4 is 5.32 Å². The molecule has 0 atom stereocenters. The molecule has 0 amide bonds. The smallest absolute Gasteiger partial charge is 0.140 e. The number of rotatable bonds is 4. The molecule has 0 unspecified atom stereocenters. The lowest BCUT2D eigenvalue weighted by atomic mass is 10.1. The second-order valence-corrected chi connectivity index (χ2v) is 8.24. The van der Waals surface area contributed by atoms with Gasteiger partial charge in [-0.1, -0.05) is 13.8 Å². The lowest BCUT2D eigenvalue weighted by Gasteiger charge is -2.11. The first-order valence-electron chi connectivity index (χ1n) is 9.51. The molecule has 4 aromatic heterocycles. The van der Waals surface area contributed by atoms with Crippen LogP contribution in [0.4, 0.5) is 11.5 Å². The first-order valence-corrected chi connectivity index (χ1v) is 10.3. The van der Waals surface area contributed by atoms with Crippen molar-refractivity contribution in [2.24, 2.45) is 0 Å². The summed E-state index contributed by atoms with van der Waals surface area (Å²) in [5, 5.41) is 5.64. The second-order valence-electron chi connectivity index (χ2n) is 7.18.